The fourth-order valence-electron chi connectivity index (χ4n) is 0.887. The number of methoxy groups -OCH3 is 1. The lowest BCUT2D eigenvalue weighted by Gasteiger charge is -1.95. The molecule has 0 heterocycles. The highest BCUT2D eigenvalue weighted by molar-refractivity contribution is 5.93. The van der Waals surface area contributed by atoms with Crippen LogP contribution in [-0.2, 0) is 14.3 Å². The van der Waals surface area contributed by atoms with E-state index >= 15 is 0 Å². The van der Waals surface area contributed by atoms with Crippen molar-refractivity contribution in [2.45, 2.75) is 0 Å². The Balaban J connectivity index is 0.000000344. The SMILES string of the molecule is COC(=O)c1ccccc1.NNC(=O)/C=C\C(=O)O. The van der Waals surface area contributed by atoms with E-state index in [1.807, 2.05) is 6.07 Å². The molecule has 0 spiro atoms. The van der Waals surface area contributed by atoms with E-state index in [2.05, 4.69) is 10.6 Å². The fraction of sp³-hybridized carbons (Fsp3) is 0.0833. The molecule has 1 aromatic rings. The molecule has 0 bridgehead atoms. The standard InChI is InChI=1S/C8H8O2.C4H6N2O3/c1-10-8(9)7-5-3-2-4-6-7;5-6-3(7)1-2-4(8)9/h2-6H,1H3;1-2H,5H2,(H,6,7)(H,8,9)/b;2-1-. The van der Waals surface area contributed by atoms with Crippen LogP contribution in [0, 0.1) is 0 Å². The Morgan fingerprint density at radius 3 is 2.21 bits per heavy atom. The number of aliphatic carboxylic acids is 1. The Kier molecular flexibility index (Phi) is 8.05. The van der Waals surface area contributed by atoms with E-state index in [4.69, 9.17) is 5.11 Å². The molecular formula is C12H14N2O5. The maximum Gasteiger partial charge on any atom is 0.337 e. The third-order valence-electron chi connectivity index (χ3n) is 1.71. The van der Waals surface area contributed by atoms with Crippen LogP contribution < -0.4 is 11.3 Å². The average Bonchev–Trinajstić information content (AvgIpc) is 2.45. The van der Waals surface area contributed by atoms with Crippen LogP contribution >= 0.6 is 0 Å². The molecule has 0 saturated heterocycles. The van der Waals surface area contributed by atoms with Crippen molar-refractivity contribution in [1.29, 1.82) is 0 Å². The van der Waals surface area contributed by atoms with E-state index in [9.17, 15) is 14.4 Å². The highest BCUT2D eigenvalue weighted by Gasteiger charge is 2.00. The molecule has 7 nitrogen and oxygen atoms in total. The van der Waals surface area contributed by atoms with Gasteiger partial charge in [-0.05, 0) is 12.1 Å². The number of hydrogen-bond acceptors (Lipinski definition) is 5. The first-order chi connectivity index (χ1) is 9.01. The van der Waals surface area contributed by atoms with Gasteiger partial charge in [0.25, 0.3) is 5.91 Å². The molecule has 1 amide bonds. The minimum atomic E-state index is -1.18. The van der Waals surface area contributed by atoms with Crippen molar-refractivity contribution >= 4 is 17.8 Å². The second kappa shape index (κ2) is 9.37. The van der Waals surface area contributed by atoms with Crippen LogP contribution in [0.4, 0.5) is 0 Å². The molecule has 0 aliphatic heterocycles. The van der Waals surface area contributed by atoms with Crippen molar-refractivity contribution in [2.75, 3.05) is 7.11 Å². The summed E-state index contributed by atoms with van der Waals surface area (Å²) in [6, 6.07) is 8.88. The third-order valence-corrected chi connectivity index (χ3v) is 1.71. The summed E-state index contributed by atoms with van der Waals surface area (Å²) in [5.41, 5.74) is 2.32. The molecule has 0 atom stereocenters. The zero-order valence-corrected chi connectivity index (χ0v) is 10.2. The molecule has 1 rings (SSSR count). The minimum Gasteiger partial charge on any atom is -0.478 e. The van der Waals surface area contributed by atoms with Crippen LogP contribution in [0.25, 0.3) is 0 Å². The van der Waals surface area contributed by atoms with Gasteiger partial charge in [-0.2, -0.15) is 0 Å². The summed E-state index contributed by atoms with van der Waals surface area (Å²) >= 11 is 0. The van der Waals surface area contributed by atoms with Crippen LogP contribution in [0.1, 0.15) is 10.4 Å². The summed E-state index contributed by atoms with van der Waals surface area (Å²) in [6.45, 7) is 0. The maximum atomic E-state index is 10.8. The Labute approximate surface area is 109 Å². The molecule has 0 radical (unpaired) electrons. The van der Waals surface area contributed by atoms with E-state index in [0.29, 0.717) is 11.6 Å². The molecule has 0 aliphatic rings. The number of carboxylic acids is 1. The number of carbonyl (C=O) groups excluding carboxylic acids is 2. The number of nitrogens with one attached hydrogen (secondary N) is 1. The van der Waals surface area contributed by atoms with E-state index in [0.717, 1.165) is 6.08 Å². The van der Waals surface area contributed by atoms with Gasteiger partial charge in [0.05, 0.1) is 12.7 Å². The predicted molar refractivity (Wildman–Crippen MR) is 66.9 cm³/mol. The summed E-state index contributed by atoms with van der Waals surface area (Å²) in [5, 5.41) is 7.95. The van der Waals surface area contributed by atoms with Gasteiger partial charge in [-0.1, -0.05) is 18.2 Å². The second-order valence-corrected chi connectivity index (χ2v) is 3.04. The topological polar surface area (TPSA) is 119 Å². The van der Waals surface area contributed by atoms with Gasteiger partial charge in [0.1, 0.15) is 0 Å². The van der Waals surface area contributed by atoms with Crippen LogP contribution in [0.2, 0.25) is 0 Å². The normalized spacial score (nSPS) is 9.16. The summed E-state index contributed by atoms with van der Waals surface area (Å²) < 4.78 is 4.50. The molecule has 1 aromatic carbocycles. The maximum absolute atomic E-state index is 10.8. The minimum absolute atomic E-state index is 0.291. The van der Waals surface area contributed by atoms with Crippen molar-refractivity contribution < 1.29 is 24.2 Å². The molecule has 4 N–H and O–H groups in total. The molecule has 19 heavy (non-hydrogen) atoms. The van der Waals surface area contributed by atoms with Crippen LogP contribution in [0.5, 0.6) is 0 Å². The molecular weight excluding hydrogens is 252 g/mol. The quantitative estimate of drug-likeness (QED) is 0.234. The Morgan fingerprint density at radius 1 is 1.21 bits per heavy atom. The molecule has 7 heteroatoms. The highest BCUT2D eigenvalue weighted by Crippen LogP contribution is 1.98. The fourth-order valence-corrected chi connectivity index (χ4v) is 0.887. The van der Waals surface area contributed by atoms with Crippen LogP contribution in [0.15, 0.2) is 42.5 Å². The first-order valence-corrected chi connectivity index (χ1v) is 5.06. The van der Waals surface area contributed by atoms with Crippen molar-refractivity contribution in [3.05, 3.63) is 48.0 Å². The number of carboxylic acid groups (broad SMARTS) is 1. The first-order valence-electron chi connectivity index (χ1n) is 5.06. The van der Waals surface area contributed by atoms with Crippen LogP contribution in [-0.4, -0.2) is 30.1 Å². The van der Waals surface area contributed by atoms with E-state index in [1.54, 1.807) is 29.7 Å². The molecule has 0 aromatic heterocycles. The highest BCUT2D eigenvalue weighted by atomic mass is 16.5. The van der Waals surface area contributed by atoms with Gasteiger partial charge in [-0.15, -0.1) is 0 Å². The zero-order chi connectivity index (χ0) is 14.7. The number of benzene rings is 1. The lowest BCUT2D eigenvalue weighted by atomic mass is 10.2. The van der Waals surface area contributed by atoms with Gasteiger partial charge >= 0.3 is 11.9 Å². The summed E-state index contributed by atoms with van der Waals surface area (Å²) in [4.78, 5) is 30.6. The number of amides is 1. The second-order valence-electron chi connectivity index (χ2n) is 3.04. The summed E-state index contributed by atoms with van der Waals surface area (Å²) in [7, 11) is 1.37. The third kappa shape index (κ3) is 8.11. The molecule has 102 valence electrons. The van der Waals surface area contributed by atoms with Gasteiger partial charge in [0.15, 0.2) is 0 Å². The van der Waals surface area contributed by atoms with Crippen molar-refractivity contribution in [2.24, 2.45) is 5.84 Å². The number of rotatable bonds is 3. The monoisotopic (exact) mass is 266 g/mol. The molecule has 0 unspecified atom stereocenters. The van der Waals surface area contributed by atoms with Crippen molar-refractivity contribution in [3.8, 4) is 0 Å². The zero-order valence-electron chi connectivity index (χ0n) is 10.2. The number of hydrogen-bond donors (Lipinski definition) is 3. The van der Waals surface area contributed by atoms with Crippen molar-refractivity contribution in [3.63, 3.8) is 0 Å². The Morgan fingerprint density at radius 2 is 1.79 bits per heavy atom. The number of carbonyl (C=O) groups is 3. The smallest absolute Gasteiger partial charge is 0.337 e. The van der Waals surface area contributed by atoms with E-state index in [-0.39, 0.29) is 5.97 Å². The number of nitrogens with two attached hydrogens (primary N) is 1. The lowest BCUT2D eigenvalue weighted by molar-refractivity contribution is -0.131. The van der Waals surface area contributed by atoms with Gasteiger partial charge in [0, 0.05) is 12.2 Å². The van der Waals surface area contributed by atoms with Crippen molar-refractivity contribution in [1.82, 2.24) is 5.43 Å². The van der Waals surface area contributed by atoms with Gasteiger partial charge in [0.2, 0.25) is 0 Å². The van der Waals surface area contributed by atoms with Gasteiger partial charge in [-0.3, -0.25) is 10.2 Å². The Bertz CT molecular complexity index is 456. The number of ether oxygens (including phenoxy) is 1. The van der Waals surface area contributed by atoms with Crippen LogP contribution in [0.3, 0.4) is 0 Å². The molecule has 0 saturated carbocycles. The lowest BCUT2D eigenvalue weighted by Crippen LogP contribution is -2.28. The summed E-state index contributed by atoms with van der Waals surface area (Å²) in [6.07, 6.45) is 1.52. The molecule has 0 fully saturated rings. The van der Waals surface area contributed by atoms with Gasteiger partial charge < -0.3 is 9.84 Å². The first kappa shape index (κ1) is 16.3. The largest absolute Gasteiger partial charge is 0.478 e. The number of hydrazine groups is 1. The number of esters is 1. The Hall–Kier alpha value is -2.67. The average molecular weight is 266 g/mol. The van der Waals surface area contributed by atoms with E-state index < -0.39 is 11.9 Å². The summed E-state index contributed by atoms with van der Waals surface area (Å²) in [5.74, 6) is 2.50. The van der Waals surface area contributed by atoms with E-state index in [1.165, 1.54) is 7.11 Å². The molecule has 0 aliphatic carbocycles. The van der Waals surface area contributed by atoms with Gasteiger partial charge in [-0.25, -0.2) is 15.4 Å². The predicted octanol–water partition coefficient (Wildman–Crippen LogP) is 0.0903.